The Labute approximate surface area is 142 Å². The van der Waals surface area contributed by atoms with Crippen molar-refractivity contribution in [1.29, 1.82) is 0 Å². The first-order valence-electron chi connectivity index (χ1n) is 9.31. The second-order valence-electron chi connectivity index (χ2n) is 8.59. The summed E-state index contributed by atoms with van der Waals surface area (Å²) < 4.78 is 20.0. The van der Waals surface area contributed by atoms with Crippen LogP contribution in [0.15, 0.2) is 0 Å². The van der Waals surface area contributed by atoms with Crippen molar-refractivity contribution in [3.8, 4) is 11.8 Å². The molecule has 0 amide bonds. The Bertz CT molecular complexity index is 412. The summed E-state index contributed by atoms with van der Waals surface area (Å²) in [5.41, 5.74) is -0.0145. The first-order valence-corrected chi connectivity index (χ1v) is 9.31. The van der Waals surface area contributed by atoms with Gasteiger partial charge >= 0.3 is 0 Å². The number of hydrogen-bond donors (Lipinski definition) is 0. The molecule has 1 aliphatic carbocycles. The highest BCUT2D eigenvalue weighted by atomic mass is 19.1. The third-order valence-electron chi connectivity index (χ3n) is 5.05. The fraction of sp³-hybridized carbons (Fsp3) is 0.900. The lowest BCUT2D eigenvalue weighted by Gasteiger charge is -2.37. The highest BCUT2D eigenvalue weighted by molar-refractivity contribution is 5.07. The maximum absolute atomic E-state index is 14.4. The molecule has 0 unspecified atom stereocenters. The van der Waals surface area contributed by atoms with Crippen LogP contribution in [0.1, 0.15) is 59.8 Å². The van der Waals surface area contributed by atoms with Crippen LogP contribution in [0, 0.1) is 29.1 Å². The Morgan fingerprint density at radius 1 is 1.13 bits per heavy atom. The average Bonchev–Trinajstić information content (AvgIpc) is 2.47. The fourth-order valence-corrected chi connectivity index (χ4v) is 3.63. The van der Waals surface area contributed by atoms with Crippen LogP contribution in [0.5, 0.6) is 0 Å². The second kappa shape index (κ2) is 8.49. The van der Waals surface area contributed by atoms with Gasteiger partial charge in [0.15, 0.2) is 0 Å². The lowest BCUT2D eigenvalue weighted by molar-refractivity contribution is -0.0380. The molecular formula is C20H34FNO. The van der Waals surface area contributed by atoms with Crippen molar-refractivity contribution in [1.82, 2.24) is 4.90 Å². The number of halogens is 1. The molecule has 0 bridgehead atoms. The van der Waals surface area contributed by atoms with E-state index < -0.39 is 6.17 Å². The zero-order chi connectivity index (χ0) is 16.9. The Morgan fingerprint density at radius 3 is 2.43 bits per heavy atom. The van der Waals surface area contributed by atoms with E-state index in [1.54, 1.807) is 0 Å². The van der Waals surface area contributed by atoms with Gasteiger partial charge in [-0.3, -0.25) is 4.90 Å². The van der Waals surface area contributed by atoms with E-state index in [1.807, 2.05) is 0 Å². The lowest BCUT2D eigenvalue weighted by Crippen LogP contribution is -2.47. The van der Waals surface area contributed by atoms with Crippen molar-refractivity contribution in [3.63, 3.8) is 0 Å². The number of rotatable bonds is 4. The van der Waals surface area contributed by atoms with E-state index in [4.69, 9.17) is 4.74 Å². The predicted octanol–water partition coefficient (Wildman–Crippen LogP) is 4.29. The summed E-state index contributed by atoms with van der Waals surface area (Å²) in [6, 6.07) is 0. The zero-order valence-electron chi connectivity index (χ0n) is 15.4. The molecule has 0 N–H and O–H groups in total. The topological polar surface area (TPSA) is 12.5 Å². The van der Waals surface area contributed by atoms with Crippen molar-refractivity contribution < 1.29 is 9.13 Å². The van der Waals surface area contributed by atoms with Crippen molar-refractivity contribution >= 4 is 0 Å². The molecule has 1 saturated heterocycles. The van der Waals surface area contributed by atoms with Gasteiger partial charge in [0.2, 0.25) is 0 Å². The third-order valence-corrected chi connectivity index (χ3v) is 5.05. The molecule has 132 valence electrons. The van der Waals surface area contributed by atoms with Gasteiger partial charge in [-0.1, -0.05) is 31.6 Å². The monoisotopic (exact) mass is 323 g/mol. The molecule has 23 heavy (non-hydrogen) atoms. The number of alkyl halides is 1. The molecule has 2 nitrogen and oxygen atoms in total. The summed E-state index contributed by atoms with van der Waals surface area (Å²) in [4.78, 5) is 2.31. The summed E-state index contributed by atoms with van der Waals surface area (Å²) in [6.07, 6.45) is 4.97. The number of hydrogen-bond acceptors (Lipinski definition) is 2. The van der Waals surface area contributed by atoms with Gasteiger partial charge < -0.3 is 4.74 Å². The van der Waals surface area contributed by atoms with Crippen LogP contribution < -0.4 is 0 Å². The van der Waals surface area contributed by atoms with Gasteiger partial charge in [-0.2, -0.15) is 0 Å². The molecule has 2 fully saturated rings. The molecule has 1 saturated carbocycles. The van der Waals surface area contributed by atoms with Crippen LogP contribution in [0.25, 0.3) is 0 Å². The summed E-state index contributed by atoms with van der Waals surface area (Å²) >= 11 is 0. The molecule has 0 aromatic rings. The van der Waals surface area contributed by atoms with Crippen molar-refractivity contribution in [3.05, 3.63) is 0 Å². The third kappa shape index (κ3) is 6.81. The normalized spacial score (nSPS) is 33.1. The van der Waals surface area contributed by atoms with E-state index in [1.165, 1.54) is 25.7 Å². The Balaban J connectivity index is 1.69. The van der Waals surface area contributed by atoms with E-state index in [2.05, 4.69) is 44.4 Å². The van der Waals surface area contributed by atoms with E-state index >= 15 is 0 Å². The minimum atomic E-state index is -0.872. The Hall–Kier alpha value is -0.590. The number of piperidine rings is 1. The van der Waals surface area contributed by atoms with Gasteiger partial charge in [0.25, 0.3) is 0 Å². The fourth-order valence-electron chi connectivity index (χ4n) is 3.63. The maximum Gasteiger partial charge on any atom is 0.139 e. The summed E-state index contributed by atoms with van der Waals surface area (Å²) in [7, 11) is 0. The molecule has 0 aromatic carbocycles. The molecule has 0 aromatic heterocycles. The molecule has 2 aliphatic rings. The molecule has 1 heterocycles. The van der Waals surface area contributed by atoms with Crippen molar-refractivity contribution in [2.24, 2.45) is 17.3 Å². The largest absolute Gasteiger partial charge is 0.362 e. The highest BCUT2D eigenvalue weighted by Gasteiger charge is 2.31. The molecule has 2 rings (SSSR count). The number of ether oxygens (including phenoxy) is 1. The average molecular weight is 323 g/mol. The summed E-state index contributed by atoms with van der Waals surface area (Å²) in [5.74, 6) is 7.81. The molecule has 3 heteroatoms. The van der Waals surface area contributed by atoms with Crippen LogP contribution >= 0.6 is 0 Å². The van der Waals surface area contributed by atoms with Gasteiger partial charge in [-0.05, 0) is 51.9 Å². The zero-order valence-corrected chi connectivity index (χ0v) is 15.4. The summed E-state index contributed by atoms with van der Waals surface area (Å²) in [6.45, 7) is 11.5. The van der Waals surface area contributed by atoms with Crippen LogP contribution in [-0.2, 0) is 4.74 Å². The smallest absolute Gasteiger partial charge is 0.139 e. The minimum absolute atomic E-state index is 0.0145. The Kier molecular flexibility index (Phi) is 6.92. The van der Waals surface area contributed by atoms with Crippen LogP contribution in [-0.4, -0.2) is 43.4 Å². The van der Waals surface area contributed by atoms with E-state index in [0.29, 0.717) is 13.2 Å². The SMILES string of the molecule is CC1CCC(CN2CC[C@@H](OCC#CC(C)(C)C)[C@H](F)C2)CC1. The second-order valence-corrected chi connectivity index (χ2v) is 8.59. The maximum atomic E-state index is 14.4. The van der Waals surface area contributed by atoms with Gasteiger partial charge in [0.1, 0.15) is 12.8 Å². The van der Waals surface area contributed by atoms with Gasteiger partial charge in [-0.25, -0.2) is 4.39 Å². The predicted molar refractivity (Wildman–Crippen MR) is 94.0 cm³/mol. The van der Waals surface area contributed by atoms with Crippen molar-refractivity contribution in [2.45, 2.75) is 72.1 Å². The Morgan fingerprint density at radius 2 is 1.83 bits per heavy atom. The van der Waals surface area contributed by atoms with Crippen LogP contribution in [0.4, 0.5) is 4.39 Å². The van der Waals surface area contributed by atoms with Crippen LogP contribution in [0.3, 0.4) is 0 Å². The minimum Gasteiger partial charge on any atom is -0.362 e. The molecular weight excluding hydrogens is 289 g/mol. The van der Waals surface area contributed by atoms with Gasteiger partial charge in [-0.15, -0.1) is 0 Å². The molecule has 2 atom stereocenters. The standard InChI is InChI=1S/C20H34FNO/c1-16-6-8-17(9-7-16)14-22-12-10-19(18(21)15-22)23-13-5-11-20(2,3)4/h16-19H,6-10,12-15H2,1-4H3/t16?,17?,18-,19-/m1/s1. The summed E-state index contributed by atoms with van der Waals surface area (Å²) in [5, 5.41) is 0. The van der Waals surface area contributed by atoms with Crippen LogP contribution in [0.2, 0.25) is 0 Å². The molecule has 0 radical (unpaired) electrons. The highest BCUT2D eigenvalue weighted by Crippen LogP contribution is 2.30. The van der Waals surface area contributed by atoms with Gasteiger partial charge in [0.05, 0.1) is 6.10 Å². The molecule has 1 aliphatic heterocycles. The van der Waals surface area contributed by atoms with E-state index in [9.17, 15) is 4.39 Å². The lowest BCUT2D eigenvalue weighted by atomic mass is 9.82. The first kappa shape index (κ1) is 18.7. The van der Waals surface area contributed by atoms with E-state index in [0.717, 1.165) is 31.3 Å². The first-order chi connectivity index (χ1) is 10.8. The quantitative estimate of drug-likeness (QED) is 0.716. The van der Waals surface area contributed by atoms with E-state index in [-0.39, 0.29) is 11.5 Å². The van der Waals surface area contributed by atoms with Crippen molar-refractivity contribution in [2.75, 3.05) is 26.2 Å². The number of nitrogens with zero attached hydrogens (tertiary/aromatic N) is 1. The molecule has 0 spiro atoms. The van der Waals surface area contributed by atoms with Gasteiger partial charge in [0, 0.05) is 25.0 Å². The number of likely N-dealkylation sites (tertiary alicyclic amines) is 1.